The van der Waals surface area contributed by atoms with Crippen LogP contribution in [-0.4, -0.2) is 63.6 Å². The number of amides is 2. The summed E-state index contributed by atoms with van der Waals surface area (Å²) in [5.74, 6) is -0.0618. The van der Waals surface area contributed by atoms with Gasteiger partial charge in [0, 0.05) is 61.0 Å². The first-order chi connectivity index (χ1) is 16.6. The molecule has 9 nitrogen and oxygen atoms in total. The molecule has 2 heterocycles. The zero-order valence-electron chi connectivity index (χ0n) is 20.3. The molecular weight excluding hydrogens is 468 g/mol. The number of benzene rings is 1. The van der Waals surface area contributed by atoms with Crippen LogP contribution in [0.1, 0.15) is 49.5 Å². The largest absolute Gasteiger partial charge is 0.390 e. The summed E-state index contributed by atoms with van der Waals surface area (Å²) in [5.41, 5.74) is 5.90. The molecule has 2 aromatic rings. The Balaban J connectivity index is 1.49. The van der Waals surface area contributed by atoms with Crippen molar-refractivity contribution in [1.82, 2.24) is 14.7 Å². The van der Waals surface area contributed by atoms with Gasteiger partial charge in [-0.05, 0) is 57.4 Å². The summed E-state index contributed by atoms with van der Waals surface area (Å²) in [6.45, 7) is 4.77. The molecule has 188 valence electrons. The Morgan fingerprint density at radius 3 is 2.54 bits per heavy atom. The molecule has 4 rings (SSSR count). The summed E-state index contributed by atoms with van der Waals surface area (Å²) in [6, 6.07) is 7.04. The van der Waals surface area contributed by atoms with Crippen molar-refractivity contribution in [3.8, 4) is 0 Å². The number of anilines is 2. The lowest BCUT2D eigenvalue weighted by atomic mass is 9.76. The van der Waals surface area contributed by atoms with Gasteiger partial charge in [-0.25, -0.2) is 0 Å². The van der Waals surface area contributed by atoms with Crippen LogP contribution in [-0.2, 0) is 4.79 Å². The Morgan fingerprint density at radius 1 is 1.26 bits per heavy atom. The van der Waals surface area contributed by atoms with Gasteiger partial charge in [-0.2, -0.15) is 5.10 Å². The summed E-state index contributed by atoms with van der Waals surface area (Å²) in [7, 11) is 1.72. The smallest absolute Gasteiger partial charge is 0.254 e. The van der Waals surface area contributed by atoms with Crippen molar-refractivity contribution in [1.29, 1.82) is 0 Å². The van der Waals surface area contributed by atoms with E-state index in [2.05, 4.69) is 15.4 Å². The summed E-state index contributed by atoms with van der Waals surface area (Å²) in [5, 5.41) is 18.6. The van der Waals surface area contributed by atoms with Gasteiger partial charge in [-0.3, -0.25) is 14.3 Å². The summed E-state index contributed by atoms with van der Waals surface area (Å²) in [6.07, 6.45) is 5.63. The van der Waals surface area contributed by atoms with Crippen molar-refractivity contribution in [2.45, 2.75) is 44.8 Å². The fourth-order valence-corrected chi connectivity index (χ4v) is 5.09. The van der Waals surface area contributed by atoms with E-state index in [-0.39, 0.29) is 29.7 Å². The Kier molecular flexibility index (Phi) is 7.19. The average molecular weight is 501 g/mol. The minimum Gasteiger partial charge on any atom is -0.390 e. The Bertz CT molecular complexity index is 1100. The van der Waals surface area contributed by atoms with Gasteiger partial charge >= 0.3 is 0 Å². The number of rotatable bonds is 7. The molecule has 1 aromatic heterocycles. The fourth-order valence-electron chi connectivity index (χ4n) is 4.96. The first-order valence-electron chi connectivity index (χ1n) is 11.9. The lowest BCUT2D eigenvalue weighted by molar-refractivity contribution is -0.150. The highest BCUT2D eigenvalue weighted by molar-refractivity contribution is 6.30. The SMILES string of the molecule is C/N=C\[C@H]1C[C@@H](C(=O)N2CC(C(C)(C)O)C2)CC[C@@H]1n1cc(C(N)=O)c(Nc2ccc(Cl)cc2)n1. The van der Waals surface area contributed by atoms with E-state index >= 15 is 0 Å². The first-order valence-corrected chi connectivity index (χ1v) is 12.3. The minimum atomic E-state index is -0.776. The number of nitrogens with one attached hydrogen (secondary N) is 1. The molecule has 1 aliphatic heterocycles. The van der Waals surface area contributed by atoms with Crippen LogP contribution in [0.4, 0.5) is 11.5 Å². The van der Waals surface area contributed by atoms with Gasteiger partial charge in [-0.1, -0.05) is 11.6 Å². The molecule has 0 radical (unpaired) electrons. The van der Waals surface area contributed by atoms with Crippen molar-refractivity contribution in [3.63, 3.8) is 0 Å². The van der Waals surface area contributed by atoms with Crippen LogP contribution in [0.2, 0.25) is 5.02 Å². The van der Waals surface area contributed by atoms with E-state index in [1.54, 1.807) is 56.0 Å². The molecule has 0 bridgehead atoms. The van der Waals surface area contributed by atoms with Crippen LogP contribution >= 0.6 is 11.6 Å². The number of aliphatic hydroxyl groups is 1. The number of hydrogen-bond acceptors (Lipinski definition) is 6. The molecule has 10 heteroatoms. The summed E-state index contributed by atoms with van der Waals surface area (Å²) in [4.78, 5) is 31.4. The third-order valence-corrected chi connectivity index (χ3v) is 7.44. The second kappa shape index (κ2) is 9.99. The van der Waals surface area contributed by atoms with E-state index in [1.807, 2.05) is 11.1 Å². The number of nitrogens with two attached hydrogens (primary N) is 1. The lowest BCUT2D eigenvalue weighted by Gasteiger charge is -2.47. The molecule has 3 atom stereocenters. The molecule has 2 fully saturated rings. The highest BCUT2D eigenvalue weighted by Gasteiger charge is 2.43. The molecule has 1 saturated heterocycles. The normalized spacial score (nSPS) is 23.3. The van der Waals surface area contributed by atoms with Gasteiger partial charge in [0.25, 0.3) is 5.91 Å². The van der Waals surface area contributed by atoms with E-state index in [0.29, 0.717) is 42.3 Å². The Labute approximate surface area is 210 Å². The number of nitrogens with zero attached hydrogens (tertiary/aromatic N) is 4. The second-order valence-corrected chi connectivity index (χ2v) is 10.5. The van der Waals surface area contributed by atoms with Crippen LogP contribution in [0, 0.1) is 17.8 Å². The van der Waals surface area contributed by atoms with Gasteiger partial charge in [0.1, 0.15) is 5.56 Å². The fraction of sp³-hybridized carbons (Fsp3) is 0.520. The number of halogens is 1. The lowest BCUT2D eigenvalue weighted by Crippen LogP contribution is -2.59. The van der Waals surface area contributed by atoms with Crippen molar-refractivity contribution >= 4 is 41.1 Å². The number of aromatic nitrogens is 2. The number of likely N-dealkylation sites (tertiary alicyclic amines) is 1. The number of carbonyl (C=O) groups is 2. The van der Waals surface area contributed by atoms with Crippen LogP contribution < -0.4 is 11.1 Å². The molecule has 0 unspecified atom stereocenters. The minimum absolute atomic E-state index is 0.0157. The topological polar surface area (TPSA) is 126 Å². The Hall–Kier alpha value is -2.91. The first kappa shape index (κ1) is 25.2. The molecule has 1 aromatic carbocycles. The van der Waals surface area contributed by atoms with Gasteiger partial charge in [0.05, 0.1) is 11.6 Å². The zero-order chi connectivity index (χ0) is 25.3. The third kappa shape index (κ3) is 5.51. The number of hydrogen-bond donors (Lipinski definition) is 3. The summed E-state index contributed by atoms with van der Waals surface area (Å²) < 4.78 is 1.78. The van der Waals surface area contributed by atoms with Gasteiger partial charge < -0.3 is 26.0 Å². The zero-order valence-corrected chi connectivity index (χ0v) is 21.1. The maximum absolute atomic E-state index is 13.1. The van der Waals surface area contributed by atoms with Crippen molar-refractivity contribution in [2.24, 2.45) is 28.5 Å². The predicted octanol–water partition coefficient (Wildman–Crippen LogP) is 3.27. The maximum Gasteiger partial charge on any atom is 0.254 e. The van der Waals surface area contributed by atoms with Gasteiger partial charge in [-0.15, -0.1) is 0 Å². The Morgan fingerprint density at radius 2 is 1.94 bits per heavy atom. The molecule has 1 aliphatic carbocycles. The van der Waals surface area contributed by atoms with Crippen molar-refractivity contribution < 1.29 is 14.7 Å². The molecule has 0 spiro atoms. The standard InChI is InChI=1S/C25H33ClN6O3/c1-25(2,35)17-12-31(13-17)24(34)15-4-9-21(16(10-15)11-28-3)32-14-20(22(27)33)23(30-32)29-19-7-5-18(26)6-8-19/h5-8,11,14-17,21,35H,4,9-10,12-13H2,1-3H3,(H2,27,33)(H,29,30)/b28-11-/t15-,16+,21-/m0/s1. The monoisotopic (exact) mass is 500 g/mol. The highest BCUT2D eigenvalue weighted by atomic mass is 35.5. The van der Waals surface area contributed by atoms with E-state index in [9.17, 15) is 14.7 Å². The van der Waals surface area contributed by atoms with Crippen molar-refractivity contribution in [3.05, 3.63) is 41.0 Å². The molecule has 2 amide bonds. The highest BCUT2D eigenvalue weighted by Crippen LogP contribution is 2.39. The number of aliphatic imine (C=N–C) groups is 1. The van der Waals surface area contributed by atoms with Crippen molar-refractivity contribution in [2.75, 3.05) is 25.5 Å². The summed E-state index contributed by atoms with van der Waals surface area (Å²) >= 11 is 5.97. The van der Waals surface area contributed by atoms with Crippen LogP contribution in [0.15, 0.2) is 35.5 Å². The van der Waals surface area contributed by atoms with Crippen LogP contribution in [0.5, 0.6) is 0 Å². The molecular formula is C25H33ClN6O3. The van der Waals surface area contributed by atoms with E-state index < -0.39 is 11.5 Å². The van der Waals surface area contributed by atoms with E-state index in [0.717, 1.165) is 12.1 Å². The second-order valence-electron chi connectivity index (χ2n) is 10.1. The quantitative estimate of drug-likeness (QED) is 0.503. The average Bonchev–Trinajstić information content (AvgIpc) is 3.17. The van der Waals surface area contributed by atoms with Crippen LogP contribution in [0.3, 0.4) is 0 Å². The van der Waals surface area contributed by atoms with E-state index in [4.69, 9.17) is 17.3 Å². The van der Waals surface area contributed by atoms with E-state index in [1.165, 1.54) is 0 Å². The molecule has 4 N–H and O–H groups in total. The maximum atomic E-state index is 13.1. The number of carbonyl (C=O) groups excluding carboxylic acids is 2. The molecule has 2 aliphatic rings. The number of primary amides is 1. The predicted molar refractivity (Wildman–Crippen MR) is 136 cm³/mol. The van der Waals surface area contributed by atoms with Gasteiger partial charge in [0.2, 0.25) is 5.91 Å². The molecule has 35 heavy (non-hydrogen) atoms. The van der Waals surface area contributed by atoms with Crippen LogP contribution in [0.25, 0.3) is 0 Å². The third-order valence-electron chi connectivity index (χ3n) is 7.19. The van der Waals surface area contributed by atoms with Gasteiger partial charge in [0.15, 0.2) is 5.82 Å². The molecule has 1 saturated carbocycles.